The second-order valence-electron chi connectivity index (χ2n) is 3.94. The molecule has 1 atom stereocenters. The Hall–Kier alpha value is -0.770. The molecule has 3 nitrogen and oxygen atoms in total. The average molecular weight is 243 g/mol. The summed E-state index contributed by atoms with van der Waals surface area (Å²) in [4.78, 5) is 0. The number of benzene rings is 1. The SMILES string of the molecule is COc1ccc([C@@H]2CNCCN2)cc1C.Cl. The molecule has 0 radical (unpaired) electrons. The molecule has 16 heavy (non-hydrogen) atoms. The Balaban J connectivity index is 0.00000128. The molecular formula is C12H19ClN2O. The Bertz CT molecular complexity index is 338. The van der Waals surface area contributed by atoms with E-state index >= 15 is 0 Å². The lowest BCUT2D eigenvalue weighted by Gasteiger charge is -2.25. The van der Waals surface area contributed by atoms with Gasteiger partial charge in [0.25, 0.3) is 0 Å². The second kappa shape index (κ2) is 6.09. The van der Waals surface area contributed by atoms with Crippen LogP contribution in [0.1, 0.15) is 17.2 Å². The quantitative estimate of drug-likeness (QED) is 0.828. The molecule has 0 aromatic heterocycles. The number of rotatable bonds is 2. The van der Waals surface area contributed by atoms with Crippen LogP contribution in [0.5, 0.6) is 5.75 Å². The zero-order valence-corrected chi connectivity index (χ0v) is 10.6. The van der Waals surface area contributed by atoms with Gasteiger partial charge in [0.05, 0.1) is 7.11 Å². The third-order valence-corrected chi connectivity index (χ3v) is 2.86. The molecule has 0 aliphatic carbocycles. The highest BCUT2D eigenvalue weighted by Crippen LogP contribution is 2.22. The molecule has 0 bridgehead atoms. The van der Waals surface area contributed by atoms with Gasteiger partial charge >= 0.3 is 0 Å². The first-order chi connectivity index (χ1) is 7.31. The van der Waals surface area contributed by atoms with E-state index < -0.39 is 0 Å². The van der Waals surface area contributed by atoms with E-state index in [0.717, 1.165) is 25.4 Å². The molecule has 1 aromatic carbocycles. The number of nitrogens with one attached hydrogen (secondary N) is 2. The minimum atomic E-state index is 0. The van der Waals surface area contributed by atoms with Crippen molar-refractivity contribution in [2.45, 2.75) is 13.0 Å². The first-order valence-corrected chi connectivity index (χ1v) is 5.40. The minimum Gasteiger partial charge on any atom is -0.496 e. The summed E-state index contributed by atoms with van der Waals surface area (Å²) in [5, 5.41) is 6.88. The Morgan fingerprint density at radius 1 is 1.31 bits per heavy atom. The third kappa shape index (κ3) is 2.88. The third-order valence-electron chi connectivity index (χ3n) is 2.86. The number of halogens is 1. The molecule has 1 fully saturated rings. The number of hydrogen-bond acceptors (Lipinski definition) is 3. The summed E-state index contributed by atoms with van der Waals surface area (Å²) < 4.78 is 5.25. The molecule has 90 valence electrons. The van der Waals surface area contributed by atoms with E-state index in [2.05, 4.69) is 29.7 Å². The van der Waals surface area contributed by atoms with Crippen molar-refractivity contribution in [1.82, 2.24) is 10.6 Å². The monoisotopic (exact) mass is 242 g/mol. The molecule has 2 rings (SSSR count). The first kappa shape index (κ1) is 13.3. The van der Waals surface area contributed by atoms with Gasteiger partial charge in [0.1, 0.15) is 5.75 Å². The number of aryl methyl sites for hydroxylation is 1. The van der Waals surface area contributed by atoms with Crippen molar-refractivity contribution in [3.63, 3.8) is 0 Å². The van der Waals surface area contributed by atoms with E-state index in [1.54, 1.807) is 7.11 Å². The van der Waals surface area contributed by atoms with Crippen molar-refractivity contribution < 1.29 is 4.74 Å². The van der Waals surface area contributed by atoms with Crippen molar-refractivity contribution in [2.24, 2.45) is 0 Å². The Morgan fingerprint density at radius 2 is 2.12 bits per heavy atom. The van der Waals surface area contributed by atoms with Crippen LogP contribution in [0.3, 0.4) is 0 Å². The van der Waals surface area contributed by atoms with E-state index in [1.165, 1.54) is 11.1 Å². The summed E-state index contributed by atoms with van der Waals surface area (Å²) >= 11 is 0. The molecular weight excluding hydrogens is 224 g/mol. The zero-order chi connectivity index (χ0) is 10.7. The van der Waals surface area contributed by atoms with E-state index in [-0.39, 0.29) is 12.4 Å². The Labute approximate surface area is 103 Å². The van der Waals surface area contributed by atoms with Crippen LogP contribution in [0, 0.1) is 6.92 Å². The van der Waals surface area contributed by atoms with Crippen LogP contribution in [0.4, 0.5) is 0 Å². The molecule has 4 heteroatoms. The number of piperazine rings is 1. The van der Waals surface area contributed by atoms with Gasteiger partial charge in [0.2, 0.25) is 0 Å². The van der Waals surface area contributed by atoms with Gasteiger partial charge in [0.15, 0.2) is 0 Å². The molecule has 1 aromatic rings. The highest BCUT2D eigenvalue weighted by molar-refractivity contribution is 5.85. The summed E-state index contributed by atoms with van der Waals surface area (Å²) in [6, 6.07) is 6.81. The maximum atomic E-state index is 5.25. The van der Waals surface area contributed by atoms with E-state index in [9.17, 15) is 0 Å². The van der Waals surface area contributed by atoms with E-state index in [0.29, 0.717) is 6.04 Å². The predicted molar refractivity (Wildman–Crippen MR) is 68.6 cm³/mol. The van der Waals surface area contributed by atoms with Gasteiger partial charge in [-0.3, -0.25) is 0 Å². The van der Waals surface area contributed by atoms with Crippen molar-refractivity contribution >= 4 is 12.4 Å². The van der Waals surface area contributed by atoms with Gasteiger partial charge in [-0.1, -0.05) is 12.1 Å². The minimum absolute atomic E-state index is 0. The van der Waals surface area contributed by atoms with Crippen LogP contribution >= 0.6 is 12.4 Å². The van der Waals surface area contributed by atoms with Crippen molar-refractivity contribution in [1.29, 1.82) is 0 Å². The lowest BCUT2D eigenvalue weighted by Crippen LogP contribution is -2.42. The molecule has 1 aliphatic heterocycles. The van der Waals surface area contributed by atoms with Gasteiger partial charge in [-0.2, -0.15) is 0 Å². The molecule has 1 heterocycles. The van der Waals surface area contributed by atoms with Crippen LogP contribution < -0.4 is 15.4 Å². The average Bonchev–Trinajstić information content (AvgIpc) is 2.30. The molecule has 0 saturated carbocycles. The standard InChI is InChI=1S/C12H18N2O.ClH/c1-9-7-10(3-4-12(9)15-2)11-8-13-5-6-14-11;/h3-4,7,11,13-14H,5-6,8H2,1-2H3;1H/t11-;/m0./s1. The maximum Gasteiger partial charge on any atom is 0.121 e. The van der Waals surface area contributed by atoms with E-state index in [4.69, 9.17) is 4.74 Å². The lowest BCUT2D eigenvalue weighted by atomic mass is 10.0. The molecule has 0 spiro atoms. The largest absolute Gasteiger partial charge is 0.496 e. The van der Waals surface area contributed by atoms with Crippen LogP contribution in [0.2, 0.25) is 0 Å². The Morgan fingerprint density at radius 3 is 2.69 bits per heavy atom. The van der Waals surface area contributed by atoms with Gasteiger partial charge in [-0.05, 0) is 24.1 Å². The number of ether oxygens (including phenoxy) is 1. The smallest absolute Gasteiger partial charge is 0.121 e. The van der Waals surface area contributed by atoms with Crippen molar-refractivity contribution in [2.75, 3.05) is 26.7 Å². The fraction of sp³-hybridized carbons (Fsp3) is 0.500. The van der Waals surface area contributed by atoms with Crippen LogP contribution in [-0.4, -0.2) is 26.7 Å². The number of hydrogen-bond donors (Lipinski definition) is 2. The van der Waals surface area contributed by atoms with Crippen LogP contribution in [0.25, 0.3) is 0 Å². The van der Waals surface area contributed by atoms with Crippen molar-refractivity contribution in [3.8, 4) is 5.75 Å². The predicted octanol–water partition coefficient (Wildman–Crippen LogP) is 1.66. The first-order valence-electron chi connectivity index (χ1n) is 5.40. The normalized spacial score (nSPS) is 20.0. The van der Waals surface area contributed by atoms with Gasteiger partial charge < -0.3 is 15.4 Å². The van der Waals surface area contributed by atoms with Gasteiger partial charge in [0, 0.05) is 25.7 Å². The second-order valence-corrected chi connectivity index (χ2v) is 3.94. The topological polar surface area (TPSA) is 33.3 Å². The maximum absolute atomic E-state index is 5.25. The lowest BCUT2D eigenvalue weighted by molar-refractivity contribution is 0.409. The molecule has 1 saturated heterocycles. The Kier molecular flexibility index (Phi) is 5.06. The van der Waals surface area contributed by atoms with Crippen LogP contribution in [-0.2, 0) is 0 Å². The summed E-state index contributed by atoms with van der Waals surface area (Å²) in [6.45, 7) is 5.19. The molecule has 0 unspecified atom stereocenters. The van der Waals surface area contributed by atoms with Gasteiger partial charge in [-0.15, -0.1) is 12.4 Å². The summed E-state index contributed by atoms with van der Waals surface area (Å²) in [7, 11) is 1.71. The summed E-state index contributed by atoms with van der Waals surface area (Å²) in [5.41, 5.74) is 2.53. The molecule has 1 aliphatic rings. The molecule has 2 N–H and O–H groups in total. The summed E-state index contributed by atoms with van der Waals surface area (Å²) in [5.74, 6) is 0.961. The molecule has 0 amide bonds. The highest BCUT2D eigenvalue weighted by Gasteiger charge is 2.14. The summed E-state index contributed by atoms with van der Waals surface area (Å²) in [6.07, 6.45) is 0. The van der Waals surface area contributed by atoms with Crippen molar-refractivity contribution in [3.05, 3.63) is 29.3 Å². The fourth-order valence-electron chi connectivity index (χ4n) is 2.01. The highest BCUT2D eigenvalue weighted by atomic mass is 35.5. The van der Waals surface area contributed by atoms with Gasteiger partial charge in [-0.25, -0.2) is 0 Å². The zero-order valence-electron chi connectivity index (χ0n) is 9.75. The van der Waals surface area contributed by atoms with E-state index in [1.807, 2.05) is 6.07 Å². The van der Waals surface area contributed by atoms with Crippen LogP contribution in [0.15, 0.2) is 18.2 Å². The fourth-order valence-corrected chi connectivity index (χ4v) is 2.01. The number of methoxy groups -OCH3 is 1.